The molecule has 12 heteroatoms. The van der Waals surface area contributed by atoms with Crippen LogP contribution in [0.3, 0.4) is 0 Å². The van der Waals surface area contributed by atoms with Gasteiger partial charge in [-0.1, -0.05) is 35.6 Å². The van der Waals surface area contributed by atoms with Crippen LogP contribution in [0, 0.1) is 0 Å². The summed E-state index contributed by atoms with van der Waals surface area (Å²) >= 11 is 1.16. The minimum Gasteiger partial charge on any atom is -0.379 e. The Morgan fingerprint density at radius 3 is 2.44 bits per heavy atom. The highest BCUT2D eigenvalue weighted by Crippen LogP contribution is 2.33. The molecule has 0 N–H and O–H groups in total. The molecule has 0 aliphatic carbocycles. The van der Waals surface area contributed by atoms with Gasteiger partial charge in [0.05, 0.1) is 27.7 Å². The Kier molecular flexibility index (Phi) is 7.33. The number of para-hydroxylation sites is 1. The van der Waals surface area contributed by atoms with Crippen LogP contribution in [0.1, 0.15) is 0 Å². The van der Waals surface area contributed by atoms with Gasteiger partial charge >= 0.3 is 0 Å². The number of carbonyl (C=O) groups excluding carboxylic acids is 1. The molecule has 2 aromatic carbocycles. The second-order valence-electron chi connectivity index (χ2n) is 7.94. The minimum atomic E-state index is -3.86. The van der Waals surface area contributed by atoms with E-state index in [1.807, 2.05) is 0 Å². The molecule has 1 fully saturated rings. The molecule has 0 atom stereocenters. The largest absolute Gasteiger partial charge is 0.379 e. The lowest BCUT2D eigenvalue weighted by atomic mass is 10.3. The normalized spacial score (nSPS) is 15.4. The van der Waals surface area contributed by atoms with Crippen LogP contribution in [0.25, 0.3) is 10.2 Å². The Morgan fingerprint density at radius 2 is 1.76 bits per heavy atom. The first-order chi connectivity index (χ1) is 16.1. The molecule has 0 bridgehead atoms. The maximum absolute atomic E-state index is 13.3. The van der Waals surface area contributed by atoms with Crippen molar-refractivity contribution in [2.45, 2.75) is 9.79 Å². The highest BCUT2D eigenvalue weighted by atomic mass is 32.2. The van der Waals surface area contributed by atoms with Crippen LogP contribution in [0.15, 0.2) is 58.3 Å². The zero-order valence-electron chi connectivity index (χ0n) is 18.6. The van der Waals surface area contributed by atoms with Crippen molar-refractivity contribution in [3.05, 3.63) is 48.5 Å². The van der Waals surface area contributed by atoms with E-state index < -0.39 is 31.3 Å². The number of rotatable bonds is 8. The summed E-state index contributed by atoms with van der Waals surface area (Å²) in [6.07, 6.45) is 1.11. The number of ether oxygens (including phenoxy) is 1. The molecule has 4 rings (SSSR count). The SMILES string of the molecule is CS(=O)(=O)c1cccc2sc(N(CCN3CCOCC3)C(=O)CS(=O)(=O)c3ccccc3)nc12. The van der Waals surface area contributed by atoms with Crippen LogP contribution >= 0.6 is 11.3 Å². The summed E-state index contributed by atoms with van der Waals surface area (Å²) in [4.78, 5) is 21.4. The third-order valence-electron chi connectivity index (χ3n) is 5.46. The van der Waals surface area contributed by atoms with E-state index in [1.165, 1.54) is 23.1 Å². The summed E-state index contributed by atoms with van der Waals surface area (Å²) in [6.45, 7) is 3.34. The molecule has 1 amide bonds. The van der Waals surface area contributed by atoms with Gasteiger partial charge in [0.15, 0.2) is 24.8 Å². The van der Waals surface area contributed by atoms with Crippen molar-refractivity contribution in [3.63, 3.8) is 0 Å². The zero-order chi connectivity index (χ0) is 24.3. The van der Waals surface area contributed by atoms with Gasteiger partial charge in [0.2, 0.25) is 5.91 Å². The van der Waals surface area contributed by atoms with E-state index in [-0.39, 0.29) is 27.0 Å². The molecule has 1 aromatic heterocycles. The van der Waals surface area contributed by atoms with Crippen LogP contribution in [0.5, 0.6) is 0 Å². The first-order valence-corrected chi connectivity index (χ1v) is 15.0. The van der Waals surface area contributed by atoms with Crippen molar-refractivity contribution in [1.82, 2.24) is 9.88 Å². The maximum Gasteiger partial charge on any atom is 0.244 e. The molecule has 9 nitrogen and oxygen atoms in total. The number of benzene rings is 2. The summed E-state index contributed by atoms with van der Waals surface area (Å²) in [7, 11) is -7.39. The van der Waals surface area contributed by atoms with Gasteiger partial charge in [-0.05, 0) is 24.3 Å². The summed E-state index contributed by atoms with van der Waals surface area (Å²) in [5.74, 6) is -1.33. The summed E-state index contributed by atoms with van der Waals surface area (Å²) in [5.41, 5.74) is 0.278. The molecular weight excluding hydrogens is 498 g/mol. The number of sulfone groups is 2. The molecule has 1 aliphatic heterocycles. The fourth-order valence-corrected chi connectivity index (χ4v) is 6.82. The van der Waals surface area contributed by atoms with Gasteiger partial charge in [0, 0.05) is 32.4 Å². The van der Waals surface area contributed by atoms with E-state index in [1.54, 1.807) is 30.3 Å². The first kappa shape index (κ1) is 24.7. The molecule has 2 heterocycles. The molecule has 0 spiro atoms. The minimum absolute atomic E-state index is 0.0696. The quantitative estimate of drug-likeness (QED) is 0.439. The van der Waals surface area contributed by atoms with Crippen LogP contribution in [0.4, 0.5) is 5.13 Å². The smallest absolute Gasteiger partial charge is 0.244 e. The highest BCUT2D eigenvalue weighted by molar-refractivity contribution is 7.92. The molecule has 0 radical (unpaired) electrons. The lowest BCUT2D eigenvalue weighted by Gasteiger charge is -2.29. The predicted molar refractivity (Wildman–Crippen MR) is 131 cm³/mol. The molecule has 1 aliphatic rings. The molecular formula is C22H25N3O6S3. The fraction of sp³-hybridized carbons (Fsp3) is 0.364. The lowest BCUT2D eigenvalue weighted by Crippen LogP contribution is -2.44. The number of anilines is 1. The molecule has 0 unspecified atom stereocenters. The van der Waals surface area contributed by atoms with Crippen molar-refractivity contribution in [3.8, 4) is 0 Å². The van der Waals surface area contributed by atoms with E-state index in [9.17, 15) is 21.6 Å². The number of morpholine rings is 1. The number of amides is 1. The average Bonchev–Trinajstić information content (AvgIpc) is 3.23. The topological polar surface area (TPSA) is 114 Å². The van der Waals surface area contributed by atoms with Gasteiger partial charge in [0.25, 0.3) is 0 Å². The van der Waals surface area contributed by atoms with Gasteiger partial charge in [0.1, 0.15) is 11.3 Å². The number of hydrogen-bond donors (Lipinski definition) is 0. The molecule has 0 saturated carbocycles. The van der Waals surface area contributed by atoms with Gasteiger partial charge < -0.3 is 4.74 Å². The van der Waals surface area contributed by atoms with Crippen LogP contribution in [-0.2, 0) is 29.2 Å². The van der Waals surface area contributed by atoms with Crippen molar-refractivity contribution in [1.29, 1.82) is 0 Å². The van der Waals surface area contributed by atoms with Gasteiger partial charge in [-0.15, -0.1) is 0 Å². The van der Waals surface area contributed by atoms with Gasteiger partial charge in [-0.25, -0.2) is 21.8 Å². The lowest BCUT2D eigenvalue weighted by molar-refractivity contribution is -0.116. The third kappa shape index (κ3) is 5.63. The van der Waals surface area contributed by atoms with Crippen LogP contribution in [-0.4, -0.2) is 84.0 Å². The number of thiazole rings is 1. The first-order valence-electron chi connectivity index (χ1n) is 10.6. The molecule has 1 saturated heterocycles. The third-order valence-corrected chi connectivity index (χ3v) is 9.25. The van der Waals surface area contributed by atoms with E-state index >= 15 is 0 Å². The molecule has 34 heavy (non-hydrogen) atoms. The zero-order valence-corrected chi connectivity index (χ0v) is 21.0. The standard InChI is InChI=1S/C22H25N3O6S3/c1-33(27,28)19-9-5-8-18-21(19)23-22(32-18)25(11-10-24-12-14-31-15-13-24)20(26)16-34(29,30)17-6-3-2-4-7-17/h2-9H,10-16H2,1H3. The summed E-state index contributed by atoms with van der Waals surface area (Å²) < 4.78 is 56.2. The van der Waals surface area contributed by atoms with Crippen molar-refractivity contribution in [2.24, 2.45) is 0 Å². The number of nitrogens with zero attached hydrogens (tertiary/aromatic N) is 3. The van der Waals surface area contributed by atoms with Gasteiger partial charge in [-0.3, -0.25) is 14.6 Å². The number of carbonyl (C=O) groups is 1. The predicted octanol–water partition coefficient (Wildman–Crippen LogP) is 1.84. The monoisotopic (exact) mass is 523 g/mol. The highest BCUT2D eigenvalue weighted by Gasteiger charge is 2.28. The van der Waals surface area contributed by atoms with Crippen molar-refractivity contribution < 1.29 is 26.4 Å². The Bertz CT molecular complexity index is 1380. The number of aromatic nitrogens is 1. The van der Waals surface area contributed by atoms with Crippen LogP contribution < -0.4 is 4.90 Å². The fourth-order valence-electron chi connectivity index (χ4n) is 3.67. The average molecular weight is 524 g/mol. The molecule has 182 valence electrons. The Labute approximate surface area is 202 Å². The second-order valence-corrected chi connectivity index (χ2v) is 12.9. The Balaban J connectivity index is 1.67. The van der Waals surface area contributed by atoms with E-state index in [4.69, 9.17) is 4.74 Å². The van der Waals surface area contributed by atoms with Crippen LogP contribution in [0.2, 0.25) is 0 Å². The Hall–Kier alpha value is -2.38. The van der Waals surface area contributed by atoms with E-state index in [2.05, 4.69) is 9.88 Å². The summed E-state index contributed by atoms with van der Waals surface area (Å²) in [6, 6.07) is 12.7. The summed E-state index contributed by atoms with van der Waals surface area (Å²) in [5, 5.41) is 0.271. The van der Waals surface area contributed by atoms with E-state index in [0.29, 0.717) is 37.5 Å². The van der Waals surface area contributed by atoms with Gasteiger partial charge in [-0.2, -0.15) is 0 Å². The van der Waals surface area contributed by atoms with Crippen molar-refractivity contribution in [2.75, 3.05) is 56.3 Å². The second kappa shape index (κ2) is 10.1. The number of hydrogen-bond acceptors (Lipinski definition) is 9. The maximum atomic E-state index is 13.3. The van der Waals surface area contributed by atoms with E-state index in [0.717, 1.165) is 17.6 Å². The Morgan fingerprint density at radius 1 is 1.06 bits per heavy atom. The molecule has 3 aromatic rings. The van der Waals surface area contributed by atoms with Crippen molar-refractivity contribution >= 4 is 52.3 Å². The number of fused-ring (bicyclic) bond motifs is 1.